The molecule has 0 radical (unpaired) electrons. The summed E-state index contributed by atoms with van der Waals surface area (Å²) < 4.78 is 56.5. The molecule has 0 heterocycles. The predicted molar refractivity (Wildman–Crippen MR) is 174 cm³/mol. The Morgan fingerprint density at radius 1 is 0.745 bits per heavy atom. The van der Waals surface area contributed by atoms with Crippen LogP contribution in [-0.2, 0) is 19.6 Å². The highest BCUT2D eigenvalue weighted by atomic mass is 32.2. The number of rotatable bonds is 17. The van der Waals surface area contributed by atoms with E-state index in [1.165, 1.54) is 17.7 Å². The van der Waals surface area contributed by atoms with E-state index < -0.39 is 15.4 Å². The molecule has 0 bridgehead atoms. The summed E-state index contributed by atoms with van der Waals surface area (Å²) in [4.78, 5) is 6.58. The van der Waals surface area contributed by atoms with E-state index in [0.717, 1.165) is 6.42 Å². The van der Waals surface area contributed by atoms with E-state index in [-0.39, 0.29) is 72.8 Å². The van der Waals surface area contributed by atoms with Crippen molar-refractivity contribution in [2.24, 2.45) is 0 Å². The van der Waals surface area contributed by atoms with Crippen molar-refractivity contribution in [3.05, 3.63) is 117 Å². The van der Waals surface area contributed by atoms with Crippen LogP contribution in [0.15, 0.2) is 72.8 Å². The molecular weight excluding hydrogens is 620 g/mol. The second kappa shape index (κ2) is 18.7. The van der Waals surface area contributed by atoms with Crippen LogP contribution in [0.3, 0.4) is 0 Å². The third-order valence-corrected chi connectivity index (χ3v) is 8.34. The van der Waals surface area contributed by atoms with E-state index in [2.05, 4.69) is 28.7 Å². The molecule has 1 N–H and O–H groups in total. The fourth-order valence-electron chi connectivity index (χ4n) is 4.64. The molecule has 2 unspecified atom stereocenters. The number of ether oxygens (including phenoxy) is 4. The molecule has 0 aliphatic carbocycles. The Morgan fingerprint density at radius 3 is 1.62 bits per heavy atom. The van der Waals surface area contributed by atoms with Crippen LogP contribution < -0.4 is 19.9 Å². The van der Waals surface area contributed by atoms with Gasteiger partial charge in [0.15, 0.2) is 0 Å². The van der Waals surface area contributed by atoms with Crippen LogP contribution in [0.4, 0.5) is 0 Å². The van der Waals surface area contributed by atoms with E-state index in [1.54, 1.807) is 30.3 Å². The lowest BCUT2D eigenvalue weighted by atomic mass is 9.98. The largest absolute Gasteiger partial charge is 0.492 e. The van der Waals surface area contributed by atoms with Crippen molar-refractivity contribution < 1.29 is 31.9 Å². The van der Waals surface area contributed by atoms with Crippen LogP contribution in [0, 0.1) is 35.8 Å². The van der Waals surface area contributed by atoms with Crippen molar-refractivity contribution in [3.8, 4) is 23.6 Å². The summed E-state index contributed by atoms with van der Waals surface area (Å²) in [6.45, 7) is 17.8. The highest BCUT2D eigenvalue weighted by Gasteiger charge is 2.24. The molecule has 47 heavy (non-hydrogen) atoms. The Kier molecular flexibility index (Phi) is 14.4. The first-order valence-electron chi connectivity index (χ1n) is 14.7. The van der Waals surface area contributed by atoms with Gasteiger partial charge in [0, 0.05) is 23.7 Å². The van der Waals surface area contributed by atoms with Crippen LogP contribution in [0.1, 0.15) is 42.1 Å². The Hall–Kier alpha value is -5.21. The van der Waals surface area contributed by atoms with Gasteiger partial charge in [0.2, 0.25) is 0 Å². The van der Waals surface area contributed by atoms with Gasteiger partial charge < -0.3 is 18.9 Å². The van der Waals surface area contributed by atoms with E-state index >= 15 is 0 Å². The van der Waals surface area contributed by atoms with E-state index in [9.17, 15) is 23.5 Å². The summed E-state index contributed by atoms with van der Waals surface area (Å²) in [7, 11) is -4.37. The highest BCUT2D eigenvalue weighted by Crippen LogP contribution is 2.25. The van der Waals surface area contributed by atoms with Crippen LogP contribution >= 0.6 is 0 Å². The van der Waals surface area contributed by atoms with Gasteiger partial charge in [-0.25, -0.2) is 20.2 Å². The fourth-order valence-corrected chi connectivity index (χ4v) is 5.53. The highest BCUT2D eigenvalue weighted by molar-refractivity contribution is 7.86. The van der Waals surface area contributed by atoms with Gasteiger partial charge in [-0.3, -0.25) is 4.55 Å². The van der Waals surface area contributed by atoms with Gasteiger partial charge in [-0.05, 0) is 42.0 Å². The zero-order valence-electron chi connectivity index (χ0n) is 25.8. The molecular formula is C35H34N4O7S. The maximum Gasteiger partial charge on any atom is 0.272 e. The molecule has 12 heteroatoms. The molecule has 0 aromatic heterocycles. The lowest BCUT2D eigenvalue weighted by Gasteiger charge is -2.15. The second-order valence-corrected chi connectivity index (χ2v) is 11.8. The Balaban J connectivity index is 1.68. The minimum atomic E-state index is -4.37. The van der Waals surface area contributed by atoms with Gasteiger partial charge >= 0.3 is 0 Å². The van der Waals surface area contributed by atoms with Crippen molar-refractivity contribution in [2.75, 3.05) is 39.6 Å². The number of nitrogens with zero attached hydrogens (tertiary/aromatic N) is 4. The molecule has 3 rings (SSSR count). The van der Waals surface area contributed by atoms with E-state index in [1.807, 2.05) is 30.3 Å². The second-order valence-electron chi connectivity index (χ2n) is 10.2. The molecule has 0 spiro atoms. The maximum atomic E-state index is 11.9. The third kappa shape index (κ3) is 11.0. The number of nitriles is 2. The van der Waals surface area contributed by atoms with Crippen molar-refractivity contribution in [1.29, 1.82) is 10.5 Å². The van der Waals surface area contributed by atoms with Gasteiger partial charge in [-0.2, -0.15) is 8.42 Å². The summed E-state index contributed by atoms with van der Waals surface area (Å²) in [5.41, 5.74) is 1.09. The normalized spacial score (nSPS) is 13.5. The van der Waals surface area contributed by atoms with E-state index in [0.29, 0.717) is 18.1 Å². The average Bonchev–Trinajstić information content (AvgIpc) is 3.08. The Bertz CT molecular complexity index is 1860. The van der Waals surface area contributed by atoms with Crippen LogP contribution in [-0.4, -0.2) is 52.6 Å². The van der Waals surface area contributed by atoms with Crippen molar-refractivity contribution in [3.63, 3.8) is 0 Å². The number of benzene rings is 3. The van der Waals surface area contributed by atoms with Gasteiger partial charge in [0.1, 0.15) is 30.0 Å². The summed E-state index contributed by atoms with van der Waals surface area (Å²) in [6, 6.07) is 24.8. The minimum absolute atomic E-state index is 0.00220. The first-order chi connectivity index (χ1) is 22.7. The number of hydrogen-bond donors (Lipinski definition) is 1. The molecule has 2 atom stereocenters. The molecule has 0 saturated carbocycles. The van der Waals surface area contributed by atoms with Gasteiger partial charge in [-0.1, -0.05) is 67.6 Å². The summed E-state index contributed by atoms with van der Waals surface area (Å²) in [5, 5.41) is 18.3. The topological polar surface area (TPSA) is 148 Å². The Morgan fingerprint density at radius 2 is 1.19 bits per heavy atom. The lowest BCUT2D eigenvalue weighted by Crippen LogP contribution is -2.22. The van der Waals surface area contributed by atoms with Crippen molar-refractivity contribution >= 4 is 21.5 Å². The lowest BCUT2D eigenvalue weighted by molar-refractivity contribution is 0.0946. The summed E-state index contributed by atoms with van der Waals surface area (Å²) >= 11 is 0. The van der Waals surface area contributed by atoms with Crippen molar-refractivity contribution in [2.45, 2.75) is 30.9 Å². The average molecular weight is 655 g/mol. The third-order valence-electron chi connectivity index (χ3n) is 7.12. The quantitative estimate of drug-likeness (QED) is 0.123. The summed E-state index contributed by atoms with van der Waals surface area (Å²) in [6.07, 6.45) is 0.800. The molecule has 0 saturated heterocycles. The SMILES string of the molecule is [C-]#[N+]/C(C#N)=c1/cc(OCCOCCC(c2ccccc2)S(=O)(=O)O)/c(=C(\C#N)[N+]#[C-])cc1OCCOCCC(C)c1ccccc1. The molecule has 11 nitrogen and oxygen atoms in total. The van der Waals surface area contributed by atoms with Crippen LogP contribution in [0.5, 0.6) is 11.5 Å². The van der Waals surface area contributed by atoms with Crippen LogP contribution in [0.2, 0.25) is 0 Å². The Labute approximate surface area is 274 Å². The zero-order chi connectivity index (χ0) is 34.1. The molecule has 3 aromatic carbocycles. The smallest absolute Gasteiger partial charge is 0.272 e. The first kappa shape index (κ1) is 36.3. The number of hydrogen-bond acceptors (Lipinski definition) is 8. The first-order valence-corrected chi connectivity index (χ1v) is 16.2. The monoisotopic (exact) mass is 654 g/mol. The molecule has 0 aliphatic rings. The molecule has 0 fully saturated rings. The minimum Gasteiger partial charge on any atom is -0.492 e. The molecule has 3 aromatic rings. The summed E-state index contributed by atoms with van der Waals surface area (Å²) in [5.74, 6) is 0.490. The van der Waals surface area contributed by atoms with Crippen LogP contribution in [0.25, 0.3) is 21.1 Å². The van der Waals surface area contributed by atoms with Gasteiger partial charge in [-0.15, -0.1) is 0 Å². The molecule has 0 aliphatic heterocycles. The molecule has 0 amide bonds. The predicted octanol–water partition coefficient (Wildman–Crippen LogP) is 4.79. The van der Waals surface area contributed by atoms with E-state index in [4.69, 9.17) is 32.1 Å². The standard InChI is InChI=1S/C35H34N4O7S/c1-26(27-10-6-4-7-11-27)14-16-43-18-20-45-33-22-30(32(25-37)39-3)34(23-29(33)31(24-36)38-2)46-21-19-44-17-15-35(47(40,41)42)28-12-8-5-9-13-28/h4-13,22-23,26,35H,14-21H2,1H3,(H,40,41,42)/b31-29-,32-30+. The fraction of sp³-hybridized carbons (Fsp3) is 0.314. The molecule has 242 valence electrons. The van der Waals surface area contributed by atoms with Crippen molar-refractivity contribution in [1.82, 2.24) is 0 Å². The van der Waals surface area contributed by atoms with Gasteiger partial charge in [0.25, 0.3) is 21.5 Å². The zero-order valence-corrected chi connectivity index (χ0v) is 26.7. The van der Waals surface area contributed by atoms with Gasteiger partial charge in [0.05, 0.1) is 38.5 Å². The maximum absolute atomic E-state index is 11.9.